The van der Waals surface area contributed by atoms with Gasteiger partial charge in [0, 0.05) is 31.9 Å². The molecule has 0 radical (unpaired) electrons. The number of unbranched alkanes of at least 4 members (excludes halogenated alkanes) is 1. The van der Waals surface area contributed by atoms with E-state index in [-0.39, 0.29) is 5.91 Å². The highest BCUT2D eigenvalue weighted by Crippen LogP contribution is 2.11. The fourth-order valence-electron chi connectivity index (χ4n) is 1.88. The molecule has 0 spiro atoms. The molecule has 0 fully saturated rings. The quantitative estimate of drug-likeness (QED) is 0.569. The number of carboxylic acid groups (broad SMARTS) is 1. The fourth-order valence-corrected chi connectivity index (χ4v) is 1.88. The number of amides is 1. The number of hydrogen-bond donors (Lipinski definition) is 2. The van der Waals surface area contributed by atoms with Gasteiger partial charge < -0.3 is 15.2 Å². The summed E-state index contributed by atoms with van der Waals surface area (Å²) in [5, 5.41) is 11.5. The molecule has 5 heteroatoms. The summed E-state index contributed by atoms with van der Waals surface area (Å²) in [5.41, 5.74) is 2.14. The molecule has 2 N–H and O–H groups in total. The lowest BCUT2D eigenvalue weighted by atomic mass is 10.1. The summed E-state index contributed by atoms with van der Waals surface area (Å²) in [7, 11) is 1.65. The number of carbonyl (C=O) groups is 2. The zero-order valence-corrected chi connectivity index (χ0v) is 12.4. The van der Waals surface area contributed by atoms with Crippen molar-refractivity contribution in [1.29, 1.82) is 0 Å². The van der Waals surface area contributed by atoms with Gasteiger partial charge in [-0.15, -0.1) is 0 Å². The SMILES string of the molecule is COCCCCNC(=O)c1cc(C)cc(/C=C/C(=O)O)c1. The Hall–Kier alpha value is -2.14. The van der Waals surface area contributed by atoms with Crippen molar-refractivity contribution in [1.82, 2.24) is 5.32 Å². The van der Waals surface area contributed by atoms with Gasteiger partial charge in [0.1, 0.15) is 0 Å². The molecule has 0 aliphatic heterocycles. The maximum Gasteiger partial charge on any atom is 0.328 e. The minimum absolute atomic E-state index is 0.152. The average Bonchev–Trinajstić information content (AvgIpc) is 2.44. The number of carboxylic acids is 1. The first kappa shape index (κ1) is 16.9. The fraction of sp³-hybridized carbons (Fsp3) is 0.375. The van der Waals surface area contributed by atoms with E-state index in [1.54, 1.807) is 19.2 Å². The van der Waals surface area contributed by atoms with E-state index in [0.29, 0.717) is 24.3 Å². The second kappa shape index (κ2) is 8.92. The normalized spacial score (nSPS) is 10.8. The molecule has 0 aliphatic rings. The number of hydrogen-bond acceptors (Lipinski definition) is 3. The van der Waals surface area contributed by atoms with Crippen LogP contribution in [0, 0.1) is 6.92 Å². The highest BCUT2D eigenvalue weighted by molar-refractivity contribution is 5.95. The van der Waals surface area contributed by atoms with E-state index >= 15 is 0 Å². The number of aliphatic carboxylic acids is 1. The number of aryl methyl sites for hydroxylation is 1. The average molecular weight is 291 g/mol. The lowest BCUT2D eigenvalue weighted by Gasteiger charge is -2.07. The highest BCUT2D eigenvalue weighted by Gasteiger charge is 2.06. The smallest absolute Gasteiger partial charge is 0.328 e. The van der Waals surface area contributed by atoms with Crippen LogP contribution in [-0.4, -0.2) is 37.2 Å². The van der Waals surface area contributed by atoms with E-state index in [1.165, 1.54) is 6.08 Å². The second-order valence-corrected chi connectivity index (χ2v) is 4.76. The van der Waals surface area contributed by atoms with Crippen molar-refractivity contribution in [2.75, 3.05) is 20.3 Å². The van der Waals surface area contributed by atoms with Crippen molar-refractivity contribution < 1.29 is 19.4 Å². The molecule has 114 valence electrons. The third-order valence-electron chi connectivity index (χ3n) is 2.84. The van der Waals surface area contributed by atoms with Crippen molar-refractivity contribution in [3.8, 4) is 0 Å². The summed E-state index contributed by atoms with van der Waals surface area (Å²) in [4.78, 5) is 22.6. The van der Waals surface area contributed by atoms with E-state index in [2.05, 4.69) is 5.32 Å². The molecule has 5 nitrogen and oxygen atoms in total. The topological polar surface area (TPSA) is 75.6 Å². The molecule has 0 saturated carbocycles. The zero-order valence-electron chi connectivity index (χ0n) is 12.4. The Morgan fingerprint density at radius 1 is 1.29 bits per heavy atom. The first-order valence-electron chi connectivity index (χ1n) is 6.83. The predicted molar refractivity (Wildman–Crippen MR) is 81.3 cm³/mol. The summed E-state index contributed by atoms with van der Waals surface area (Å²) in [6.45, 7) is 3.15. The van der Waals surface area contributed by atoms with Gasteiger partial charge in [0.25, 0.3) is 5.91 Å². The summed E-state index contributed by atoms with van der Waals surface area (Å²) in [5.74, 6) is -1.17. The minimum Gasteiger partial charge on any atom is -0.478 e. The van der Waals surface area contributed by atoms with Crippen LogP contribution in [0.1, 0.15) is 34.3 Å². The molecule has 1 aromatic carbocycles. The van der Waals surface area contributed by atoms with Crippen molar-refractivity contribution in [3.05, 3.63) is 41.0 Å². The lowest BCUT2D eigenvalue weighted by Crippen LogP contribution is -2.24. The Balaban J connectivity index is 2.64. The van der Waals surface area contributed by atoms with Crippen LogP contribution in [0.25, 0.3) is 6.08 Å². The van der Waals surface area contributed by atoms with E-state index < -0.39 is 5.97 Å². The molecule has 21 heavy (non-hydrogen) atoms. The van der Waals surface area contributed by atoms with Gasteiger partial charge in [-0.05, 0) is 49.1 Å². The largest absolute Gasteiger partial charge is 0.478 e. The van der Waals surface area contributed by atoms with Crippen LogP contribution in [0.15, 0.2) is 24.3 Å². The Kier molecular flexibility index (Phi) is 7.18. The number of carbonyl (C=O) groups excluding carboxylic acids is 1. The molecule has 0 unspecified atom stereocenters. The molecule has 1 aromatic rings. The van der Waals surface area contributed by atoms with Crippen molar-refractivity contribution in [2.24, 2.45) is 0 Å². The van der Waals surface area contributed by atoms with Gasteiger partial charge in [-0.2, -0.15) is 0 Å². The second-order valence-electron chi connectivity index (χ2n) is 4.76. The van der Waals surface area contributed by atoms with Crippen LogP contribution in [-0.2, 0) is 9.53 Å². The van der Waals surface area contributed by atoms with Crippen molar-refractivity contribution in [3.63, 3.8) is 0 Å². The first-order chi connectivity index (χ1) is 10.0. The van der Waals surface area contributed by atoms with Gasteiger partial charge in [0.05, 0.1) is 0 Å². The summed E-state index contributed by atoms with van der Waals surface area (Å²) < 4.78 is 4.94. The monoisotopic (exact) mass is 291 g/mol. The van der Waals surface area contributed by atoms with Gasteiger partial charge in [-0.3, -0.25) is 4.79 Å². The van der Waals surface area contributed by atoms with Gasteiger partial charge in [0.15, 0.2) is 0 Å². The van der Waals surface area contributed by atoms with Crippen LogP contribution in [0.2, 0.25) is 0 Å². The third-order valence-corrected chi connectivity index (χ3v) is 2.84. The number of rotatable bonds is 8. The summed E-state index contributed by atoms with van der Waals surface area (Å²) in [6.07, 6.45) is 4.29. The van der Waals surface area contributed by atoms with Crippen LogP contribution >= 0.6 is 0 Å². The zero-order chi connectivity index (χ0) is 15.7. The maximum atomic E-state index is 12.0. The van der Waals surface area contributed by atoms with Crippen LogP contribution in [0.3, 0.4) is 0 Å². The number of methoxy groups -OCH3 is 1. The number of benzene rings is 1. The predicted octanol–water partition coefficient (Wildman–Crippen LogP) is 2.25. The minimum atomic E-state index is -1.01. The lowest BCUT2D eigenvalue weighted by molar-refractivity contribution is -0.131. The Labute approximate surface area is 124 Å². The Morgan fingerprint density at radius 3 is 2.71 bits per heavy atom. The number of ether oxygens (including phenoxy) is 1. The molecule has 1 amide bonds. The third kappa shape index (κ3) is 6.72. The molecule has 0 atom stereocenters. The first-order valence-corrected chi connectivity index (χ1v) is 6.83. The van der Waals surface area contributed by atoms with Gasteiger partial charge in [-0.25, -0.2) is 4.79 Å². The molecular formula is C16H21NO4. The molecule has 0 aliphatic carbocycles. The molecule has 0 aromatic heterocycles. The van der Waals surface area contributed by atoms with Crippen LogP contribution in [0.5, 0.6) is 0 Å². The van der Waals surface area contributed by atoms with Crippen LogP contribution in [0.4, 0.5) is 0 Å². The number of nitrogens with one attached hydrogen (secondary N) is 1. The van der Waals surface area contributed by atoms with Gasteiger partial charge >= 0.3 is 5.97 Å². The van der Waals surface area contributed by atoms with Crippen molar-refractivity contribution in [2.45, 2.75) is 19.8 Å². The Bertz CT molecular complexity index is 523. The van der Waals surface area contributed by atoms with E-state index in [1.807, 2.05) is 13.0 Å². The summed E-state index contributed by atoms with van der Waals surface area (Å²) in [6, 6.07) is 5.29. The molecule has 0 saturated heterocycles. The Morgan fingerprint density at radius 2 is 2.05 bits per heavy atom. The van der Waals surface area contributed by atoms with E-state index in [9.17, 15) is 9.59 Å². The van der Waals surface area contributed by atoms with Crippen LogP contribution < -0.4 is 5.32 Å². The highest BCUT2D eigenvalue weighted by atomic mass is 16.5. The van der Waals surface area contributed by atoms with Crippen molar-refractivity contribution >= 4 is 18.0 Å². The van der Waals surface area contributed by atoms with Gasteiger partial charge in [0.2, 0.25) is 0 Å². The maximum absolute atomic E-state index is 12.0. The molecular weight excluding hydrogens is 270 g/mol. The summed E-state index contributed by atoms with van der Waals surface area (Å²) >= 11 is 0. The van der Waals surface area contributed by atoms with E-state index in [4.69, 9.17) is 9.84 Å². The molecule has 0 heterocycles. The molecule has 0 bridgehead atoms. The standard InChI is InChI=1S/C16H21NO4/c1-12-9-13(5-6-15(18)19)11-14(10-12)16(20)17-7-3-4-8-21-2/h5-6,9-11H,3-4,7-8H2,1-2H3,(H,17,20)(H,18,19)/b6-5+. The van der Waals surface area contributed by atoms with E-state index in [0.717, 1.165) is 24.5 Å². The molecule has 1 rings (SSSR count). The van der Waals surface area contributed by atoms with Gasteiger partial charge in [-0.1, -0.05) is 6.07 Å².